The van der Waals surface area contributed by atoms with E-state index in [0.717, 1.165) is 22.1 Å². The van der Waals surface area contributed by atoms with Crippen LogP contribution in [0.4, 0.5) is 0 Å². The number of β-amino-alcohol motifs (C(OH)–C–C–N with tert-alkyl or cyclic N) is 1. The first kappa shape index (κ1) is 11.7. The Balaban J connectivity index is 2.18. The fourth-order valence-electron chi connectivity index (χ4n) is 2.38. The summed E-state index contributed by atoms with van der Waals surface area (Å²) in [4.78, 5) is 18.3. The van der Waals surface area contributed by atoms with E-state index in [1.165, 1.54) is 0 Å². The molecule has 0 radical (unpaired) electrons. The second-order valence-corrected chi connectivity index (χ2v) is 4.99. The van der Waals surface area contributed by atoms with Crippen molar-refractivity contribution in [2.45, 2.75) is 6.54 Å². The summed E-state index contributed by atoms with van der Waals surface area (Å²) in [6.07, 6.45) is 1.72. The number of carbonyl (C=O) groups excluding carboxylic acids is 1. The Morgan fingerprint density at radius 3 is 3.06 bits per heavy atom. The number of amides is 1. The number of aliphatic hydroxyl groups is 1. The van der Waals surface area contributed by atoms with Crippen molar-refractivity contribution in [1.82, 2.24) is 14.5 Å². The zero-order valence-electron chi connectivity index (χ0n) is 9.64. The van der Waals surface area contributed by atoms with Gasteiger partial charge in [-0.1, -0.05) is 0 Å². The van der Waals surface area contributed by atoms with E-state index in [0.29, 0.717) is 18.8 Å². The molecule has 3 rings (SSSR count). The number of carbonyl (C=O) groups is 1. The maximum atomic E-state index is 12.3. The Hall–Kier alpha value is -1.40. The van der Waals surface area contributed by atoms with Crippen LogP contribution in [0, 0.1) is 0 Å². The summed E-state index contributed by atoms with van der Waals surface area (Å²) in [5.41, 5.74) is 2.41. The fourth-order valence-corrected chi connectivity index (χ4v) is 3.07. The lowest BCUT2D eigenvalue weighted by atomic mass is 10.3. The highest BCUT2D eigenvalue weighted by Crippen LogP contribution is 2.32. The predicted octanol–water partition coefficient (Wildman–Crippen LogP) is 1.25. The second kappa shape index (κ2) is 4.37. The van der Waals surface area contributed by atoms with Crippen LogP contribution in [0.1, 0.15) is 10.5 Å². The third-order valence-corrected chi connectivity index (χ3v) is 3.97. The number of pyridine rings is 1. The average molecular weight is 310 g/mol. The van der Waals surface area contributed by atoms with Crippen LogP contribution >= 0.6 is 15.9 Å². The molecular formula is C12H12BrN3O2. The van der Waals surface area contributed by atoms with Gasteiger partial charge in [-0.15, -0.1) is 0 Å². The lowest BCUT2D eigenvalue weighted by Gasteiger charge is -2.28. The average Bonchev–Trinajstić information content (AvgIpc) is 2.68. The molecule has 0 fully saturated rings. The van der Waals surface area contributed by atoms with Gasteiger partial charge in [0.1, 0.15) is 11.2 Å². The number of hydrogen-bond donors (Lipinski definition) is 1. The van der Waals surface area contributed by atoms with Gasteiger partial charge in [-0.3, -0.25) is 9.78 Å². The zero-order chi connectivity index (χ0) is 12.7. The fraction of sp³-hybridized carbons (Fsp3) is 0.333. The smallest absolute Gasteiger partial charge is 0.271 e. The molecule has 0 unspecified atom stereocenters. The van der Waals surface area contributed by atoms with Crippen molar-refractivity contribution in [2.75, 3.05) is 19.7 Å². The summed E-state index contributed by atoms with van der Waals surface area (Å²) in [5, 5.41) is 8.97. The standard InChI is InChI=1S/C12H12BrN3O2/c13-9-10-8(2-1-3-14-10)16-5-4-15(6-7-17)12(18)11(9)16/h1-3,17H,4-7H2. The van der Waals surface area contributed by atoms with Gasteiger partial charge >= 0.3 is 0 Å². The summed E-state index contributed by atoms with van der Waals surface area (Å²) in [7, 11) is 0. The van der Waals surface area contributed by atoms with E-state index < -0.39 is 0 Å². The van der Waals surface area contributed by atoms with Crippen molar-refractivity contribution in [3.63, 3.8) is 0 Å². The van der Waals surface area contributed by atoms with E-state index in [2.05, 4.69) is 20.9 Å². The molecule has 0 aromatic carbocycles. The SMILES string of the molecule is O=C1c2c(Br)c3ncccc3n2CCN1CCO. The zero-order valence-corrected chi connectivity index (χ0v) is 11.2. The molecule has 0 aliphatic carbocycles. The first-order valence-electron chi connectivity index (χ1n) is 5.77. The molecule has 18 heavy (non-hydrogen) atoms. The minimum Gasteiger partial charge on any atom is -0.395 e. The molecular weight excluding hydrogens is 298 g/mol. The van der Waals surface area contributed by atoms with E-state index in [1.807, 2.05) is 16.7 Å². The van der Waals surface area contributed by atoms with Gasteiger partial charge in [0.25, 0.3) is 5.91 Å². The molecule has 5 nitrogen and oxygen atoms in total. The summed E-state index contributed by atoms with van der Waals surface area (Å²) < 4.78 is 2.73. The van der Waals surface area contributed by atoms with Gasteiger partial charge in [0, 0.05) is 25.8 Å². The Morgan fingerprint density at radius 1 is 1.44 bits per heavy atom. The highest BCUT2D eigenvalue weighted by molar-refractivity contribution is 9.10. The molecule has 0 bridgehead atoms. The Bertz CT molecular complexity index is 623. The molecule has 1 amide bonds. The van der Waals surface area contributed by atoms with Gasteiger partial charge in [-0.2, -0.15) is 0 Å². The molecule has 94 valence electrons. The van der Waals surface area contributed by atoms with E-state index in [-0.39, 0.29) is 12.5 Å². The Morgan fingerprint density at radius 2 is 2.28 bits per heavy atom. The van der Waals surface area contributed by atoms with Crippen molar-refractivity contribution < 1.29 is 9.90 Å². The molecule has 0 saturated heterocycles. The monoisotopic (exact) mass is 309 g/mol. The largest absolute Gasteiger partial charge is 0.395 e. The van der Waals surface area contributed by atoms with Crippen LogP contribution in [0.3, 0.4) is 0 Å². The first-order valence-corrected chi connectivity index (χ1v) is 6.56. The van der Waals surface area contributed by atoms with Gasteiger partial charge in [0.15, 0.2) is 0 Å². The quantitative estimate of drug-likeness (QED) is 0.908. The Kier molecular flexibility index (Phi) is 2.83. The van der Waals surface area contributed by atoms with Crippen molar-refractivity contribution in [3.8, 4) is 0 Å². The number of aliphatic hydroxyl groups excluding tert-OH is 1. The number of rotatable bonds is 2. The molecule has 0 atom stereocenters. The van der Waals surface area contributed by atoms with Crippen molar-refractivity contribution in [3.05, 3.63) is 28.5 Å². The van der Waals surface area contributed by atoms with E-state index in [4.69, 9.17) is 5.11 Å². The third kappa shape index (κ3) is 1.56. The molecule has 2 aromatic heterocycles. The third-order valence-electron chi connectivity index (χ3n) is 3.22. The van der Waals surface area contributed by atoms with Crippen molar-refractivity contribution >= 4 is 32.9 Å². The van der Waals surface area contributed by atoms with Crippen molar-refractivity contribution in [1.29, 1.82) is 0 Å². The lowest BCUT2D eigenvalue weighted by Crippen LogP contribution is -2.41. The van der Waals surface area contributed by atoms with Crippen LogP contribution in [-0.2, 0) is 6.54 Å². The summed E-state index contributed by atoms with van der Waals surface area (Å²) in [5.74, 6) is -0.0554. The van der Waals surface area contributed by atoms with Crippen LogP contribution in [0.15, 0.2) is 22.8 Å². The van der Waals surface area contributed by atoms with Gasteiger partial charge in [-0.05, 0) is 28.1 Å². The van der Waals surface area contributed by atoms with Crippen LogP contribution in [0.5, 0.6) is 0 Å². The lowest BCUT2D eigenvalue weighted by molar-refractivity contribution is 0.0669. The summed E-state index contributed by atoms with van der Waals surface area (Å²) >= 11 is 3.46. The molecule has 0 saturated carbocycles. The number of halogens is 1. The number of hydrogen-bond acceptors (Lipinski definition) is 3. The van der Waals surface area contributed by atoms with Gasteiger partial charge in [0.2, 0.25) is 0 Å². The molecule has 1 aliphatic rings. The van der Waals surface area contributed by atoms with E-state index in [9.17, 15) is 4.79 Å². The topological polar surface area (TPSA) is 58.4 Å². The van der Waals surface area contributed by atoms with Crippen LogP contribution < -0.4 is 0 Å². The number of nitrogens with zero attached hydrogens (tertiary/aromatic N) is 3. The highest BCUT2D eigenvalue weighted by Gasteiger charge is 2.29. The second-order valence-electron chi connectivity index (χ2n) is 4.20. The highest BCUT2D eigenvalue weighted by atomic mass is 79.9. The van der Waals surface area contributed by atoms with E-state index >= 15 is 0 Å². The molecule has 0 spiro atoms. The molecule has 2 aromatic rings. The maximum Gasteiger partial charge on any atom is 0.271 e. The first-order chi connectivity index (χ1) is 8.74. The predicted molar refractivity (Wildman–Crippen MR) is 70.4 cm³/mol. The van der Waals surface area contributed by atoms with Gasteiger partial charge in [0.05, 0.1) is 16.6 Å². The number of fused-ring (bicyclic) bond motifs is 3. The summed E-state index contributed by atoms with van der Waals surface area (Å²) in [6, 6.07) is 3.83. The Labute approximate surface area is 112 Å². The minimum absolute atomic E-state index is 0.0121. The van der Waals surface area contributed by atoms with Crippen LogP contribution in [0.25, 0.3) is 11.0 Å². The minimum atomic E-state index is -0.0554. The van der Waals surface area contributed by atoms with Crippen LogP contribution in [0.2, 0.25) is 0 Å². The van der Waals surface area contributed by atoms with Gasteiger partial charge in [-0.25, -0.2) is 0 Å². The normalized spacial score (nSPS) is 15.2. The number of aromatic nitrogens is 2. The van der Waals surface area contributed by atoms with Crippen LogP contribution in [-0.4, -0.2) is 45.2 Å². The summed E-state index contributed by atoms with van der Waals surface area (Å²) in [6.45, 7) is 1.72. The van der Waals surface area contributed by atoms with Gasteiger partial charge < -0.3 is 14.6 Å². The maximum absolute atomic E-state index is 12.3. The molecule has 3 heterocycles. The molecule has 1 N–H and O–H groups in total. The van der Waals surface area contributed by atoms with Crippen molar-refractivity contribution in [2.24, 2.45) is 0 Å². The molecule has 6 heteroatoms. The van der Waals surface area contributed by atoms with E-state index in [1.54, 1.807) is 11.1 Å². The molecule has 1 aliphatic heterocycles.